The Bertz CT molecular complexity index is 1520. The molecule has 10 heteroatoms. The third-order valence-electron chi connectivity index (χ3n) is 6.09. The molecule has 0 bridgehead atoms. The maximum atomic E-state index is 14.3. The number of fused-ring (bicyclic) bond motifs is 3. The predicted molar refractivity (Wildman–Crippen MR) is 129 cm³/mol. The van der Waals surface area contributed by atoms with Crippen LogP contribution in [-0.2, 0) is 16.6 Å². The summed E-state index contributed by atoms with van der Waals surface area (Å²) in [5.41, 5.74) is 3.13. The Morgan fingerprint density at radius 2 is 1.69 bits per heavy atom. The second-order valence-electron chi connectivity index (χ2n) is 8.73. The van der Waals surface area contributed by atoms with E-state index in [1.54, 1.807) is 70.3 Å². The van der Waals surface area contributed by atoms with Gasteiger partial charge in [-0.2, -0.15) is 17.9 Å². The number of sulfonamides is 1. The molecule has 0 amide bonds. The van der Waals surface area contributed by atoms with E-state index in [-0.39, 0.29) is 4.90 Å². The monoisotopic (exact) mass is 505 g/mol. The third kappa shape index (κ3) is 4.60. The lowest BCUT2D eigenvalue weighted by Gasteiger charge is -2.24. The highest BCUT2D eigenvalue weighted by Gasteiger charge is 2.43. The van der Waals surface area contributed by atoms with Crippen LogP contribution in [0, 0.1) is 27.7 Å². The molecule has 2 aromatic carbocycles. The van der Waals surface area contributed by atoms with Crippen LogP contribution in [0.25, 0.3) is 21.8 Å². The zero-order chi connectivity index (χ0) is 25.7. The molecule has 0 saturated carbocycles. The number of nitrogens with one attached hydrogen (secondary N) is 1. The highest BCUT2D eigenvalue weighted by molar-refractivity contribution is 7.89. The van der Waals surface area contributed by atoms with Crippen LogP contribution in [0.15, 0.2) is 47.5 Å². The fraction of sp³-hybridized carbons (Fsp3) is 0.320. The van der Waals surface area contributed by atoms with Gasteiger partial charge < -0.3 is 9.30 Å². The number of methoxy groups -OCH3 is 1. The van der Waals surface area contributed by atoms with Crippen LogP contribution in [0.1, 0.15) is 22.4 Å². The van der Waals surface area contributed by atoms with Crippen LogP contribution in [0.5, 0.6) is 5.75 Å². The Kier molecular flexibility index (Phi) is 6.31. The average Bonchev–Trinajstić information content (AvgIpc) is 3.05. The number of hydrogen-bond donors (Lipinski definition) is 1. The molecule has 4 rings (SSSR count). The van der Waals surface area contributed by atoms with Crippen LogP contribution in [0.3, 0.4) is 0 Å². The Morgan fingerprint density at radius 3 is 2.29 bits per heavy atom. The Balaban J connectivity index is 1.87. The number of hydrogen-bond acceptors (Lipinski definition) is 4. The zero-order valence-corrected chi connectivity index (χ0v) is 20.8. The summed E-state index contributed by atoms with van der Waals surface area (Å²) in [4.78, 5) is 4.12. The molecular formula is C25H26F3N3O3S. The summed E-state index contributed by atoms with van der Waals surface area (Å²) in [6, 6.07) is 7.78. The van der Waals surface area contributed by atoms with Crippen molar-refractivity contribution in [3.8, 4) is 5.75 Å². The Hall–Kier alpha value is -3.11. The summed E-state index contributed by atoms with van der Waals surface area (Å²) in [6.07, 6.45) is -3.25. The molecule has 35 heavy (non-hydrogen) atoms. The lowest BCUT2D eigenvalue weighted by atomic mass is 10.1. The lowest BCUT2D eigenvalue weighted by molar-refractivity contribution is -0.153. The first-order valence-corrected chi connectivity index (χ1v) is 12.4. The van der Waals surface area contributed by atoms with Gasteiger partial charge in [0, 0.05) is 29.6 Å². The van der Waals surface area contributed by atoms with Gasteiger partial charge >= 0.3 is 6.18 Å². The van der Waals surface area contributed by atoms with E-state index < -0.39 is 28.8 Å². The van der Waals surface area contributed by atoms with Gasteiger partial charge in [0.2, 0.25) is 10.0 Å². The maximum Gasteiger partial charge on any atom is 0.406 e. The van der Waals surface area contributed by atoms with E-state index in [0.29, 0.717) is 33.6 Å². The molecule has 1 N–H and O–H groups in total. The fourth-order valence-electron chi connectivity index (χ4n) is 4.74. The van der Waals surface area contributed by atoms with Crippen molar-refractivity contribution in [3.63, 3.8) is 0 Å². The highest BCUT2D eigenvalue weighted by atomic mass is 32.2. The topological polar surface area (TPSA) is 73.2 Å². The number of halogens is 3. The number of aryl methyl sites for hydroxylation is 4. The van der Waals surface area contributed by atoms with Crippen LogP contribution < -0.4 is 9.46 Å². The molecule has 2 heterocycles. The first kappa shape index (κ1) is 25.0. The SMILES string of the molecule is COc1ccc2c3ccnc(C)c3n(CC(NS(=O)(=O)c3c(C)cc(C)cc3C)C(F)(F)F)c2c1. The fourth-order valence-corrected chi connectivity index (χ4v) is 6.41. The number of aromatic nitrogens is 2. The second kappa shape index (κ2) is 8.83. The molecular weight excluding hydrogens is 479 g/mol. The van der Waals surface area contributed by atoms with E-state index in [2.05, 4.69) is 4.98 Å². The van der Waals surface area contributed by atoms with Crippen molar-refractivity contribution in [2.45, 2.75) is 51.4 Å². The van der Waals surface area contributed by atoms with Crippen molar-refractivity contribution in [2.75, 3.05) is 7.11 Å². The van der Waals surface area contributed by atoms with Gasteiger partial charge in [0.25, 0.3) is 0 Å². The minimum Gasteiger partial charge on any atom is -0.497 e. The summed E-state index contributed by atoms with van der Waals surface area (Å²) in [5.74, 6) is 0.474. The first-order valence-electron chi connectivity index (χ1n) is 10.9. The van der Waals surface area contributed by atoms with Crippen molar-refractivity contribution < 1.29 is 26.3 Å². The molecule has 0 saturated heterocycles. The van der Waals surface area contributed by atoms with E-state index in [1.165, 1.54) is 11.7 Å². The zero-order valence-electron chi connectivity index (χ0n) is 20.0. The van der Waals surface area contributed by atoms with Gasteiger partial charge in [-0.05, 0) is 57.0 Å². The third-order valence-corrected chi connectivity index (χ3v) is 7.87. The van der Waals surface area contributed by atoms with Gasteiger partial charge in [0.05, 0.1) is 28.7 Å². The molecule has 186 valence electrons. The van der Waals surface area contributed by atoms with E-state index in [4.69, 9.17) is 4.74 Å². The average molecular weight is 506 g/mol. The molecule has 1 unspecified atom stereocenters. The molecule has 0 radical (unpaired) electrons. The molecule has 4 aromatic rings. The van der Waals surface area contributed by atoms with Gasteiger partial charge in [0.1, 0.15) is 11.8 Å². The normalized spacial score (nSPS) is 13.5. The number of rotatable bonds is 6. The van der Waals surface area contributed by atoms with E-state index in [9.17, 15) is 21.6 Å². The van der Waals surface area contributed by atoms with Crippen LogP contribution in [0.2, 0.25) is 0 Å². The van der Waals surface area contributed by atoms with Crippen LogP contribution >= 0.6 is 0 Å². The maximum absolute atomic E-state index is 14.3. The van der Waals surface area contributed by atoms with Crippen LogP contribution in [-0.4, -0.2) is 37.3 Å². The lowest BCUT2D eigenvalue weighted by Crippen LogP contribution is -2.48. The molecule has 6 nitrogen and oxygen atoms in total. The van der Waals surface area contributed by atoms with Gasteiger partial charge in [-0.3, -0.25) is 4.98 Å². The smallest absolute Gasteiger partial charge is 0.406 e. The van der Waals surface area contributed by atoms with E-state index in [1.807, 2.05) is 4.72 Å². The molecule has 0 spiro atoms. The van der Waals surface area contributed by atoms with Gasteiger partial charge in [-0.25, -0.2) is 8.42 Å². The summed E-state index contributed by atoms with van der Waals surface area (Å²) in [5, 5.41) is 1.45. The van der Waals surface area contributed by atoms with E-state index >= 15 is 0 Å². The molecule has 0 aliphatic heterocycles. The number of nitrogens with zero attached hydrogens (tertiary/aromatic N) is 2. The summed E-state index contributed by atoms with van der Waals surface area (Å²) in [7, 11) is -3.00. The first-order chi connectivity index (χ1) is 16.3. The summed E-state index contributed by atoms with van der Waals surface area (Å²) in [6.45, 7) is 5.99. The summed E-state index contributed by atoms with van der Waals surface area (Å²) < 4.78 is 78.0. The number of alkyl halides is 3. The highest BCUT2D eigenvalue weighted by Crippen LogP contribution is 2.35. The molecule has 1 atom stereocenters. The standard InChI is InChI=1S/C25H26F3N3O3S/c1-14-10-15(2)24(16(3)11-14)35(32,33)30-22(25(26,27)28)13-31-21-12-18(34-5)6-7-19(21)20-8-9-29-17(4)23(20)31/h6-12,22,30H,13H2,1-5H3. The minimum absolute atomic E-state index is 0.140. The molecule has 0 aliphatic carbocycles. The number of pyridine rings is 1. The molecule has 0 fully saturated rings. The van der Waals surface area contributed by atoms with Crippen molar-refractivity contribution in [1.29, 1.82) is 0 Å². The Labute approximate surface area is 201 Å². The van der Waals surface area contributed by atoms with Crippen LogP contribution in [0.4, 0.5) is 13.2 Å². The molecule has 2 aromatic heterocycles. The van der Waals surface area contributed by atoms with Crippen molar-refractivity contribution in [2.24, 2.45) is 0 Å². The van der Waals surface area contributed by atoms with Crippen molar-refractivity contribution >= 4 is 31.8 Å². The predicted octanol–water partition coefficient (Wildman–Crippen LogP) is 5.34. The van der Waals surface area contributed by atoms with Gasteiger partial charge in [0.15, 0.2) is 0 Å². The van der Waals surface area contributed by atoms with Gasteiger partial charge in [-0.1, -0.05) is 17.7 Å². The number of benzene rings is 2. The quantitative estimate of drug-likeness (QED) is 0.384. The van der Waals surface area contributed by atoms with E-state index in [0.717, 1.165) is 16.3 Å². The largest absolute Gasteiger partial charge is 0.497 e. The minimum atomic E-state index is -4.85. The second-order valence-corrected chi connectivity index (χ2v) is 10.4. The number of ether oxygens (including phenoxy) is 1. The summed E-state index contributed by atoms with van der Waals surface area (Å²) >= 11 is 0. The Morgan fingerprint density at radius 1 is 1.03 bits per heavy atom. The van der Waals surface area contributed by atoms with Crippen molar-refractivity contribution in [1.82, 2.24) is 14.3 Å². The van der Waals surface area contributed by atoms with Gasteiger partial charge in [-0.15, -0.1) is 0 Å². The molecule has 0 aliphatic rings. The van der Waals surface area contributed by atoms with Crippen molar-refractivity contribution in [3.05, 3.63) is 65.0 Å².